The molecule has 0 saturated carbocycles. The number of methoxy groups -OCH3 is 1. The van der Waals surface area contributed by atoms with Gasteiger partial charge in [-0.2, -0.15) is 0 Å². The van der Waals surface area contributed by atoms with Gasteiger partial charge in [-0.05, 0) is 51.7 Å². The maximum Gasteiger partial charge on any atom is 0.408 e. The van der Waals surface area contributed by atoms with Crippen LogP contribution in [-0.4, -0.2) is 42.6 Å². The number of nitrogens with two attached hydrogens (primary N) is 1. The minimum absolute atomic E-state index is 0.00313. The number of hydrogen-bond donors (Lipinski definition) is 3. The Balaban J connectivity index is 2.88. The summed E-state index contributed by atoms with van der Waals surface area (Å²) in [6.45, 7) is 5.07. The molecular formula is C21H30ClN3O6. The molecule has 0 aliphatic heterocycles. The maximum atomic E-state index is 12.8. The lowest BCUT2D eigenvalue weighted by atomic mass is 10.1. The molecule has 0 radical (unpaired) electrons. The number of carbonyl (C=O) groups is 4. The van der Waals surface area contributed by atoms with Crippen LogP contribution in [-0.2, 0) is 30.3 Å². The van der Waals surface area contributed by atoms with Crippen molar-refractivity contribution in [2.45, 2.75) is 64.5 Å². The number of benzene rings is 1. The molecule has 3 amide bonds. The first kappa shape index (κ1) is 26.2. The molecule has 172 valence electrons. The van der Waals surface area contributed by atoms with Crippen molar-refractivity contribution in [3.05, 3.63) is 28.8 Å². The monoisotopic (exact) mass is 455 g/mol. The number of nitrogens with one attached hydrogen (secondary N) is 2. The maximum absolute atomic E-state index is 12.8. The Kier molecular flexibility index (Phi) is 10.3. The van der Waals surface area contributed by atoms with Crippen LogP contribution in [0.15, 0.2) is 18.2 Å². The highest BCUT2D eigenvalue weighted by atomic mass is 35.5. The van der Waals surface area contributed by atoms with Crippen LogP contribution in [0.5, 0.6) is 0 Å². The van der Waals surface area contributed by atoms with Gasteiger partial charge in [0.05, 0.1) is 17.8 Å². The Morgan fingerprint density at radius 2 is 1.84 bits per heavy atom. The second-order valence-electron chi connectivity index (χ2n) is 7.90. The van der Waals surface area contributed by atoms with Crippen LogP contribution in [0.25, 0.3) is 0 Å². The molecule has 0 aliphatic carbocycles. The Bertz CT molecular complexity index is 807. The Labute approximate surface area is 187 Å². The third kappa shape index (κ3) is 10.2. The molecule has 9 nitrogen and oxygen atoms in total. The number of carbonyl (C=O) groups excluding carboxylic acids is 4. The van der Waals surface area contributed by atoms with Crippen LogP contribution in [0.3, 0.4) is 0 Å². The fourth-order valence-electron chi connectivity index (χ4n) is 2.62. The molecule has 1 unspecified atom stereocenters. The van der Waals surface area contributed by atoms with Crippen LogP contribution < -0.4 is 16.4 Å². The zero-order valence-electron chi connectivity index (χ0n) is 18.2. The molecule has 0 bridgehead atoms. The van der Waals surface area contributed by atoms with Crippen molar-refractivity contribution < 1.29 is 28.7 Å². The van der Waals surface area contributed by atoms with E-state index in [1.54, 1.807) is 39.0 Å². The van der Waals surface area contributed by atoms with E-state index in [1.165, 1.54) is 7.11 Å². The molecule has 1 aromatic rings. The first-order valence-corrected chi connectivity index (χ1v) is 10.2. The number of halogens is 1. The number of hydrogen-bond acceptors (Lipinski definition) is 6. The molecule has 1 rings (SSSR count). The summed E-state index contributed by atoms with van der Waals surface area (Å²) in [5, 5.41) is 5.45. The first-order chi connectivity index (χ1) is 14.4. The van der Waals surface area contributed by atoms with Crippen molar-refractivity contribution in [1.82, 2.24) is 5.32 Å². The normalized spacial score (nSPS) is 11.9. The summed E-state index contributed by atoms with van der Waals surface area (Å²) in [7, 11) is 1.32. The summed E-state index contributed by atoms with van der Waals surface area (Å²) in [6.07, 6.45) is 0.397. The van der Waals surface area contributed by atoms with Crippen molar-refractivity contribution in [3.63, 3.8) is 0 Å². The molecule has 0 spiro atoms. The number of amides is 3. The van der Waals surface area contributed by atoms with Crippen LogP contribution >= 0.6 is 11.6 Å². The van der Waals surface area contributed by atoms with Gasteiger partial charge in [0.2, 0.25) is 11.8 Å². The van der Waals surface area contributed by atoms with Gasteiger partial charge in [-0.1, -0.05) is 23.7 Å². The van der Waals surface area contributed by atoms with Gasteiger partial charge in [-0.3, -0.25) is 14.4 Å². The lowest BCUT2D eigenvalue weighted by molar-refractivity contribution is -0.140. The average molecular weight is 456 g/mol. The summed E-state index contributed by atoms with van der Waals surface area (Å²) < 4.78 is 9.80. The summed E-state index contributed by atoms with van der Waals surface area (Å²) in [5.41, 5.74) is 5.52. The Morgan fingerprint density at radius 3 is 2.42 bits per heavy atom. The number of alkyl carbamates (subject to hydrolysis) is 1. The number of anilines is 1. The Hall–Kier alpha value is -2.81. The Morgan fingerprint density at radius 1 is 1.16 bits per heavy atom. The van der Waals surface area contributed by atoms with Crippen LogP contribution in [0.2, 0.25) is 5.02 Å². The minimum atomic E-state index is -1.05. The highest BCUT2D eigenvalue weighted by Gasteiger charge is 2.25. The van der Waals surface area contributed by atoms with Gasteiger partial charge < -0.3 is 25.8 Å². The standard InChI is InChI=1S/C21H30ClN3O6/c1-21(2,3)31-20(29)25-15(11-12-16(23)26)19(28)24-14-9-5-7-13(18(14)22)8-6-10-17(27)30-4/h5,7,9,15H,6,8,10-12H2,1-4H3,(H2,23,26)(H,24,28)(H,25,29). The van der Waals surface area contributed by atoms with E-state index in [4.69, 9.17) is 22.1 Å². The van der Waals surface area contributed by atoms with Crippen molar-refractivity contribution in [1.29, 1.82) is 0 Å². The van der Waals surface area contributed by atoms with Crippen LogP contribution in [0.4, 0.5) is 10.5 Å². The SMILES string of the molecule is COC(=O)CCCc1cccc(NC(=O)C(CCC(N)=O)NC(=O)OC(C)(C)C)c1Cl. The molecule has 10 heteroatoms. The minimum Gasteiger partial charge on any atom is -0.469 e. The van der Waals surface area contributed by atoms with E-state index in [0.717, 1.165) is 5.56 Å². The molecular weight excluding hydrogens is 426 g/mol. The smallest absolute Gasteiger partial charge is 0.408 e. The third-order valence-electron chi connectivity index (χ3n) is 4.08. The van der Waals surface area contributed by atoms with E-state index >= 15 is 0 Å². The second kappa shape index (κ2) is 12.1. The molecule has 31 heavy (non-hydrogen) atoms. The predicted octanol–water partition coefficient (Wildman–Crippen LogP) is 2.93. The van der Waals surface area contributed by atoms with Crippen molar-refractivity contribution in [3.8, 4) is 0 Å². The van der Waals surface area contributed by atoms with E-state index in [0.29, 0.717) is 23.6 Å². The molecule has 0 aromatic heterocycles. The van der Waals surface area contributed by atoms with E-state index < -0.39 is 29.6 Å². The first-order valence-electron chi connectivity index (χ1n) is 9.86. The summed E-state index contributed by atoms with van der Waals surface area (Å²) in [5.74, 6) is -1.48. The molecule has 0 saturated heterocycles. The molecule has 1 atom stereocenters. The molecule has 0 fully saturated rings. The van der Waals surface area contributed by atoms with Gasteiger partial charge in [0, 0.05) is 12.8 Å². The molecule has 0 heterocycles. The fourth-order valence-corrected chi connectivity index (χ4v) is 2.89. The van der Waals surface area contributed by atoms with Gasteiger partial charge in [0.25, 0.3) is 0 Å². The van der Waals surface area contributed by atoms with Gasteiger partial charge in [-0.25, -0.2) is 4.79 Å². The largest absolute Gasteiger partial charge is 0.469 e. The lowest BCUT2D eigenvalue weighted by Gasteiger charge is -2.23. The fraction of sp³-hybridized carbons (Fsp3) is 0.524. The predicted molar refractivity (Wildman–Crippen MR) is 117 cm³/mol. The topological polar surface area (TPSA) is 137 Å². The average Bonchev–Trinajstić information content (AvgIpc) is 2.66. The van der Waals surface area contributed by atoms with Gasteiger partial charge in [0.15, 0.2) is 0 Å². The zero-order chi connectivity index (χ0) is 23.6. The zero-order valence-corrected chi connectivity index (χ0v) is 19.0. The van der Waals surface area contributed by atoms with E-state index in [2.05, 4.69) is 15.4 Å². The summed E-state index contributed by atoms with van der Waals surface area (Å²) >= 11 is 6.41. The van der Waals surface area contributed by atoms with Gasteiger partial charge in [-0.15, -0.1) is 0 Å². The lowest BCUT2D eigenvalue weighted by Crippen LogP contribution is -2.46. The highest BCUT2D eigenvalue weighted by Crippen LogP contribution is 2.27. The van der Waals surface area contributed by atoms with Gasteiger partial charge in [0.1, 0.15) is 11.6 Å². The van der Waals surface area contributed by atoms with Crippen LogP contribution in [0.1, 0.15) is 52.0 Å². The number of ether oxygens (including phenoxy) is 2. The van der Waals surface area contributed by atoms with Crippen LogP contribution in [0, 0.1) is 0 Å². The molecule has 1 aromatic carbocycles. The van der Waals surface area contributed by atoms with Crippen molar-refractivity contribution in [2.75, 3.05) is 12.4 Å². The van der Waals surface area contributed by atoms with Crippen molar-refractivity contribution in [2.24, 2.45) is 5.73 Å². The van der Waals surface area contributed by atoms with E-state index in [9.17, 15) is 19.2 Å². The van der Waals surface area contributed by atoms with E-state index in [-0.39, 0.29) is 25.2 Å². The highest BCUT2D eigenvalue weighted by molar-refractivity contribution is 6.34. The third-order valence-corrected chi connectivity index (χ3v) is 4.52. The van der Waals surface area contributed by atoms with Crippen molar-refractivity contribution >= 4 is 41.2 Å². The quantitative estimate of drug-likeness (QED) is 0.464. The van der Waals surface area contributed by atoms with E-state index in [1.807, 2.05) is 0 Å². The number of rotatable bonds is 10. The summed E-state index contributed by atoms with van der Waals surface area (Å²) in [4.78, 5) is 47.3. The number of aryl methyl sites for hydroxylation is 1. The summed E-state index contributed by atoms with van der Waals surface area (Å²) in [6, 6.07) is 4.07. The number of primary amides is 1. The molecule has 4 N–H and O–H groups in total. The molecule has 0 aliphatic rings. The van der Waals surface area contributed by atoms with Gasteiger partial charge >= 0.3 is 12.1 Å². The number of esters is 1. The second-order valence-corrected chi connectivity index (χ2v) is 8.28.